The van der Waals surface area contributed by atoms with Crippen molar-refractivity contribution in [3.05, 3.63) is 54.1 Å². The Morgan fingerprint density at radius 1 is 0.944 bits per heavy atom. The molecule has 7 heteroatoms. The Morgan fingerprint density at radius 2 is 1.64 bits per heavy atom. The molecule has 0 radical (unpaired) electrons. The lowest BCUT2D eigenvalue weighted by Crippen LogP contribution is -2.60. The molecule has 0 unspecified atom stereocenters. The fourth-order valence-corrected chi connectivity index (χ4v) is 5.03. The molecule has 1 N–H and O–H groups in total. The van der Waals surface area contributed by atoms with Gasteiger partial charge < -0.3 is 14.9 Å². The van der Waals surface area contributed by atoms with Gasteiger partial charge in [0.05, 0.1) is 22.8 Å². The van der Waals surface area contributed by atoms with Crippen LogP contribution in [-0.4, -0.2) is 51.8 Å². The topological polar surface area (TPSA) is 89.2 Å². The third-order valence-corrected chi connectivity index (χ3v) is 7.28. The number of nitriles is 1. The normalized spacial score (nSPS) is 17.4. The first kappa shape index (κ1) is 24.2. The molecule has 3 aromatic heterocycles. The highest BCUT2D eigenvalue weighted by atomic mass is 16.3. The standard InChI is InChI=1S/C29H34N6O/c1-20-24(12-23(16-32-20)21-8-9-31-25(13-21)28(2,3)17-30)22-14-26(34-10-6-5-7-11-34)33-27(15-22)35-18-29(4,36)19-35/h8-9,12-16,36H,5-7,10-11,18-19H2,1-4H3. The summed E-state index contributed by atoms with van der Waals surface area (Å²) in [6.45, 7) is 10.8. The van der Waals surface area contributed by atoms with Crippen LogP contribution in [0.4, 0.5) is 11.6 Å². The molecule has 3 aromatic rings. The van der Waals surface area contributed by atoms with Gasteiger partial charge >= 0.3 is 0 Å². The number of hydrogen-bond acceptors (Lipinski definition) is 7. The molecule has 0 atom stereocenters. The van der Waals surface area contributed by atoms with Gasteiger partial charge in [-0.3, -0.25) is 9.97 Å². The number of β-amino-alcohol motifs (C(OH)–C–C–N with tert-alkyl or cyclic N) is 1. The maximum atomic E-state index is 10.3. The third kappa shape index (κ3) is 4.78. The van der Waals surface area contributed by atoms with Crippen molar-refractivity contribution in [2.75, 3.05) is 36.0 Å². The molecule has 0 spiro atoms. The van der Waals surface area contributed by atoms with E-state index in [1.165, 1.54) is 19.3 Å². The van der Waals surface area contributed by atoms with E-state index in [4.69, 9.17) is 9.97 Å². The molecule has 36 heavy (non-hydrogen) atoms. The summed E-state index contributed by atoms with van der Waals surface area (Å²) in [6, 6.07) is 12.8. The van der Waals surface area contributed by atoms with Crippen molar-refractivity contribution in [1.82, 2.24) is 15.0 Å². The molecule has 7 nitrogen and oxygen atoms in total. The van der Waals surface area contributed by atoms with Crippen molar-refractivity contribution in [3.63, 3.8) is 0 Å². The molecule has 0 bridgehead atoms. The summed E-state index contributed by atoms with van der Waals surface area (Å²) in [6.07, 6.45) is 7.27. The smallest absolute Gasteiger partial charge is 0.131 e. The summed E-state index contributed by atoms with van der Waals surface area (Å²) in [5.41, 5.74) is 4.45. The lowest BCUT2D eigenvalue weighted by molar-refractivity contribution is 0.0305. The van der Waals surface area contributed by atoms with Gasteiger partial charge in [0.2, 0.25) is 0 Å². The number of aryl methyl sites for hydroxylation is 1. The van der Waals surface area contributed by atoms with Crippen LogP contribution < -0.4 is 9.80 Å². The molecule has 5 heterocycles. The molecule has 0 saturated carbocycles. The van der Waals surface area contributed by atoms with Crippen molar-refractivity contribution >= 4 is 11.6 Å². The monoisotopic (exact) mass is 482 g/mol. The van der Waals surface area contributed by atoms with Gasteiger partial charge in [-0.1, -0.05) is 0 Å². The van der Waals surface area contributed by atoms with Crippen LogP contribution in [0.15, 0.2) is 42.7 Å². The minimum absolute atomic E-state index is 0.578. The molecular weight excluding hydrogens is 448 g/mol. The van der Waals surface area contributed by atoms with Crippen LogP contribution >= 0.6 is 0 Å². The quantitative estimate of drug-likeness (QED) is 0.554. The van der Waals surface area contributed by atoms with E-state index in [9.17, 15) is 10.4 Å². The van der Waals surface area contributed by atoms with Crippen molar-refractivity contribution in [3.8, 4) is 28.3 Å². The number of aliphatic hydroxyl groups is 1. The second kappa shape index (κ2) is 9.18. The fourth-order valence-electron chi connectivity index (χ4n) is 5.03. The Balaban J connectivity index is 1.57. The molecule has 2 saturated heterocycles. The van der Waals surface area contributed by atoms with Gasteiger partial charge in [0.25, 0.3) is 0 Å². The summed E-state index contributed by atoms with van der Waals surface area (Å²) in [4.78, 5) is 18.7. The molecule has 0 aliphatic carbocycles. The SMILES string of the molecule is Cc1ncc(-c2ccnc(C(C)(C)C#N)c2)cc1-c1cc(N2CCCCC2)nc(N2CC(C)(O)C2)c1. The molecule has 0 amide bonds. The van der Waals surface area contributed by atoms with Crippen LogP contribution in [0.2, 0.25) is 0 Å². The molecule has 0 aromatic carbocycles. The third-order valence-electron chi connectivity index (χ3n) is 7.28. The number of nitrogens with zero attached hydrogens (tertiary/aromatic N) is 6. The maximum absolute atomic E-state index is 10.3. The van der Waals surface area contributed by atoms with Crippen molar-refractivity contribution < 1.29 is 5.11 Å². The highest BCUT2D eigenvalue weighted by Gasteiger charge is 2.37. The minimum atomic E-state index is -0.670. The van der Waals surface area contributed by atoms with Gasteiger partial charge in [-0.15, -0.1) is 0 Å². The second-order valence-electron chi connectivity index (χ2n) is 11.0. The molecular formula is C29H34N6O. The number of anilines is 2. The first-order valence-corrected chi connectivity index (χ1v) is 12.7. The first-order chi connectivity index (χ1) is 17.1. The van der Waals surface area contributed by atoms with Crippen molar-refractivity contribution in [1.29, 1.82) is 5.26 Å². The lowest BCUT2D eigenvalue weighted by atomic mass is 9.89. The van der Waals surface area contributed by atoms with Crippen LogP contribution in [0.5, 0.6) is 0 Å². The van der Waals surface area contributed by atoms with E-state index in [2.05, 4.69) is 39.1 Å². The summed E-state index contributed by atoms with van der Waals surface area (Å²) in [5, 5.41) is 19.9. The van der Waals surface area contributed by atoms with Gasteiger partial charge in [0.15, 0.2) is 0 Å². The largest absolute Gasteiger partial charge is 0.386 e. The molecule has 5 rings (SSSR count). The second-order valence-corrected chi connectivity index (χ2v) is 11.0. The van der Waals surface area contributed by atoms with Gasteiger partial charge in [0, 0.05) is 55.4 Å². The average molecular weight is 483 g/mol. The fraction of sp³-hybridized carbons (Fsp3) is 0.448. The zero-order valence-corrected chi connectivity index (χ0v) is 21.6. The van der Waals surface area contributed by atoms with Crippen molar-refractivity contribution in [2.45, 2.75) is 58.0 Å². The minimum Gasteiger partial charge on any atom is -0.386 e. The molecule has 2 aliphatic heterocycles. The summed E-state index contributed by atoms with van der Waals surface area (Å²) in [7, 11) is 0. The number of piperidine rings is 1. The Kier molecular flexibility index (Phi) is 6.17. The van der Waals surface area contributed by atoms with Gasteiger partial charge in [0.1, 0.15) is 11.6 Å². The summed E-state index contributed by atoms with van der Waals surface area (Å²) < 4.78 is 0. The lowest BCUT2D eigenvalue weighted by Gasteiger charge is -2.45. The summed E-state index contributed by atoms with van der Waals surface area (Å²) >= 11 is 0. The Labute approximate surface area is 213 Å². The number of pyridine rings is 3. The highest BCUT2D eigenvalue weighted by molar-refractivity contribution is 5.77. The van der Waals surface area contributed by atoms with E-state index in [0.29, 0.717) is 13.1 Å². The zero-order chi connectivity index (χ0) is 25.5. The highest BCUT2D eigenvalue weighted by Crippen LogP contribution is 2.36. The van der Waals surface area contributed by atoms with E-state index >= 15 is 0 Å². The van der Waals surface area contributed by atoms with Crippen LogP contribution in [0, 0.1) is 18.3 Å². The van der Waals surface area contributed by atoms with Crippen LogP contribution in [0.25, 0.3) is 22.3 Å². The van der Waals surface area contributed by atoms with Gasteiger partial charge in [-0.2, -0.15) is 5.26 Å². The number of hydrogen-bond donors (Lipinski definition) is 1. The number of rotatable bonds is 5. The maximum Gasteiger partial charge on any atom is 0.131 e. The average Bonchev–Trinajstić information content (AvgIpc) is 2.88. The number of aromatic nitrogens is 3. The van der Waals surface area contributed by atoms with E-state index in [1.54, 1.807) is 6.20 Å². The molecule has 2 aliphatic rings. The Bertz CT molecular complexity index is 1310. The molecule has 2 fully saturated rings. The predicted molar refractivity (Wildman–Crippen MR) is 143 cm³/mol. The van der Waals surface area contributed by atoms with E-state index in [0.717, 1.165) is 58.4 Å². The van der Waals surface area contributed by atoms with Crippen LogP contribution in [0.1, 0.15) is 51.4 Å². The van der Waals surface area contributed by atoms with Crippen LogP contribution in [-0.2, 0) is 5.41 Å². The Morgan fingerprint density at radius 3 is 2.31 bits per heavy atom. The van der Waals surface area contributed by atoms with E-state index in [-0.39, 0.29) is 0 Å². The predicted octanol–water partition coefficient (Wildman–Crippen LogP) is 4.88. The van der Waals surface area contributed by atoms with Gasteiger partial charge in [-0.25, -0.2) is 4.98 Å². The van der Waals surface area contributed by atoms with E-state index < -0.39 is 11.0 Å². The van der Waals surface area contributed by atoms with E-state index in [1.807, 2.05) is 46.0 Å². The first-order valence-electron chi connectivity index (χ1n) is 12.7. The van der Waals surface area contributed by atoms with Crippen molar-refractivity contribution in [2.24, 2.45) is 0 Å². The Hall–Kier alpha value is -3.50. The summed E-state index contributed by atoms with van der Waals surface area (Å²) in [5.74, 6) is 1.88. The van der Waals surface area contributed by atoms with Crippen LogP contribution in [0.3, 0.4) is 0 Å². The van der Waals surface area contributed by atoms with Gasteiger partial charge in [-0.05, 0) is 88.4 Å². The zero-order valence-electron chi connectivity index (χ0n) is 21.6. The molecule has 186 valence electrons.